The normalized spacial score (nSPS) is 10.1. The van der Waals surface area contributed by atoms with Gasteiger partial charge in [-0.25, -0.2) is 0 Å². The summed E-state index contributed by atoms with van der Waals surface area (Å²) in [5, 5.41) is 0. The van der Waals surface area contributed by atoms with Gasteiger partial charge in [0.05, 0.1) is 20.2 Å². The van der Waals surface area contributed by atoms with Gasteiger partial charge in [0.15, 0.2) is 0 Å². The second-order valence-corrected chi connectivity index (χ2v) is 3.32. The minimum atomic E-state index is -0.542. The lowest BCUT2D eigenvalue weighted by molar-refractivity contribution is -0.140. The Morgan fingerprint density at radius 2 is 1.62 bits per heavy atom. The molecule has 0 atom stereocenters. The minimum absolute atomic E-state index is 0.0515. The Bertz CT molecular complexity index is 251. The van der Waals surface area contributed by atoms with Crippen LogP contribution in [0.1, 0.15) is 12.8 Å². The molecule has 0 aromatic rings. The van der Waals surface area contributed by atoms with Crippen molar-refractivity contribution < 1.29 is 19.1 Å². The highest BCUT2D eigenvalue weighted by Crippen LogP contribution is 1.96. The number of esters is 1. The molecule has 0 aromatic heterocycles. The van der Waals surface area contributed by atoms with Crippen molar-refractivity contribution in [2.75, 3.05) is 26.7 Å². The van der Waals surface area contributed by atoms with Crippen LogP contribution in [0.4, 0.5) is 0 Å². The Hall–Kier alpha value is -1.63. The molecule has 92 valence electrons. The largest absolute Gasteiger partial charge is 0.469 e. The van der Waals surface area contributed by atoms with Gasteiger partial charge in [-0.3, -0.25) is 19.3 Å². The lowest BCUT2D eigenvalue weighted by atomic mass is 10.3. The summed E-state index contributed by atoms with van der Waals surface area (Å²) in [7, 11) is 1.30. The zero-order chi connectivity index (χ0) is 12.6. The lowest BCUT2D eigenvalue weighted by Crippen LogP contribution is -2.40. The molecule has 0 aliphatic rings. The van der Waals surface area contributed by atoms with E-state index in [1.165, 1.54) is 12.0 Å². The number of carbonyl (C=O) groups excluding carboxylic acids is 3. The zero-order valence-electron chi connectivity index (χ0n) is 9.27. The summed E-state index contributed by atoms with van der Waals surface area (Å²) >= 11 is 0. The molecular weight excluding hydrogens is 214 g/mol. The van der Waals surface area contributed by atoms with E-state index in [1.807, 2.05) is 0 Å². The van der Waals surface area contributed by atoms with Crippen molar-refractivity contribution in [3.05, 3.63) is 0 Å². The van der Waals surface area contributed by atoms with Crippen molar-refractivity contribution in [1.29, 1.82) is 0 Å². The smallest absolute Gasteiger partial charge is 0.305 e. The predicted octanol–water partition coefficient (Wildman–Crippen LogP) is -1.79. The van der Waals surface area contributed by atoms with E-state index in [2.05, 4.69) is 4.74 Å². The van der Waals surface area contributed by atoms with E-state index in [9.17, 15) is 14.4 Å². The van der Waals surface area contributed by atoms with Crippen LogP contribution < -0.4 is 11.5 Å². The van der Waals surface area contributed by atoms with Crippen molar-refractivity contribution in [2.24, 2.45) is 11.5 Å². The number of carbonyl (C=O) groups is 3. The van der Waals surface area contributed by atoms with Gasteiger partial charge >= 0.3 is 5.97 Å². The Kier molecular flexibility index (Phi) is 6.86. The predicted molar refractivity (Wildman–Crippen MR) is 56.1 cm³/mol. The number of primary amides is 2. The van der Waals surface area contributed by atoms with E-state index in [-0.39, 0.29) is 25.5 Å². The van der Waals surface area contributed by atoms with Gasteiger partial charge in [0.2, 0.25) is 11.8 Å². The molecule has 0 rings (SSSR count). The maximum atomic E-state index is 10.8. The maximum absolute atomic E-state index is 10.8. The summed E-state index contributed by atoms with van der Waals surface area (Å²) in [6.45, 7) is 0.287. The number of hydrogen-bond acceptors (Lipinski definition) is 5. The van der Waals surface area contributed by atoms with Crippen LogP contribution in [-0.4, -0.2) is 49.4 Å². The summed E-state index contributed by atoms with van der Waals surface area (Å²) in [5.74, 6) is -1.42. The molecule has 2 amide bonds. The molecular formula is C9H17N3O4. The molecule has 0 saturated heterocycles. The molecule has 7 heteroatoms. The highest BCUT2D eigenvalue weighted by molar-refractivity contribution is 5.79. The van der Waals surface area contributed by atoms with E-state index >= 15 is 0 Å². The van der Waals surface area contributed by atoms with Gasteiger partial charge in [-0.15, -0.1) is 0 Å². The fourth-order valence-corrected chi connectivity index (χ4v) is 1.20. The molecule has 0 fully saturated rings. The second kappa shape index (κ2) is 7.63. The number of rotatable bonds is 8. The Morgan fingerprint density at radius 1 is 1.12 bits per heavy atom. The summed E-state index contributed by atoms with van der Waals surface area (Å²) < 4.78 is 4.45. The van der Waals surface area contributed by atoms with Crippen LogP contribution in [0.5, 0.6) is 0 Å². The number of hydrogen-bond donors (Lipinski definition) is 2. The van der Waals surface area contributed by atoms with Gasteiger partial charge in [-0.2, -0.15) is 0 Å². The number of methoxy groups -OCH3 is 1. The fraction of sp³-hybridized carbons (Fsp3) is 0.667. The van der Waals surface area contributed by atoms with Gasteiger partial charge in [0.25, 0.3) is 0 Å². The number of ether oxygens (including phenoxy) is 1. The van der Waals surface area contributed by atoms with Gasteiger partial charge < -0.3 is 16.2 Å². The van der Waals surface area contributed by atoms with Crippen LogP contribution in [0, 0.1) is 0 Å². The van der Waals surface area contributed by atoms with Crippen LogP contribution in [0.15, 0.2) is 0 Å². The fourth-order valence-electron chi connectivity index (χ4n) is 1.20. The summed E-state index contributed by atoms with van der Waals surface area (Å²) in [4.78, 5) is 33.7. The quantitative estimate of drug-likeness (QED) is 0.479. The van der Waals surface area contributed by atoms with Crippen LogP contribution in [-0.2, 0) is 19.1 Å². The first kappa shape index (κ1) is 14.4. The van der Waals surface area contributed by atoms with Gasteiger partial charge in [0, 0.05) is 6.42 Å². The molecule has 0 bridgehead atoms. The minimum Gasteiger partial charge on any atom is -0.469 e. The highest BCUT2D eigenvalue weighted by atomic mass is 16.5. The number of nitrogens with two attached hydrogens (primary N) is 2. The summed E-state index contributed by atoms with van der Waals surface area (Å²) in [6.07, 6.45) is 0.706. The van der Waals surface area contributed by atoms with Crippen LogP contribution in [0.25, 0.3) is 0 Å². The average molecular weight is 231 g/mol. The van der Waals surface area contributed by atoms with Crippen LogP contribution in [0.3, 0.4) is 0 Å². The third kappa shape index (κ3) is 7.74. The van der Waals surface area contributed by atoms with E-state index in [1.54, 1.807) is 0 Å². The first-order chi connectivity index (χ1) is 7.45. The molecule has 4 N–H and O–H groups in total. The van der Waals surface area contributed by atoms with E-state index in [0.717, 1.165) is 0 Å². The second-order valence-electron chi connectivity index (χ2n) is 3.32. The van der Waals surface area contributed by atoms with E-state index in [4.69, 9.17) is 11.5 Å². The summed E-state index contributed by atoms with van der Waals surface area (Å²) in [6, 6.07) is 0. The Balaban J connectivity index is 3.96. The first-order valence-corrected chi connectivity index (χ1v) is 4.81. The molecule has 0 aromatic carbocycles. The number of nitrogens with zero attached hydrogens (tertiary/aromatic N) is 1. The van der Waals surface area contributed by atoms with E-state index in [0.29, 0.717) is 13.0 Å². The molecule has 16 heavy (non-hydrogen) atoms. The maximum Gasteiger partial charge on any atom is 0.305 e. The van der Waals surface area contributed by atoms with Crippen LogP contribution in [0.2, 0.25) is 0 Å². The van der Waals surface area contributed by atoms with Crippen molar-refractivity contribution in [3.63, 3.8) is 0 Å². The van der Waals surface area contributed by atoms with Crippen LogP contribution >= 0.6 is 0 Å². The van der Waals surface area contributed by atoms with Gasteiger partial charge in [0.1, 0.15) is 0 Å². The molecule has 0 aliphatic carbocycles. The topological polar surface area (TPSA) is 116 Å². The molecule has 0 radical (unpaired) electrons. The zero-order valence-corrected chi connectivity index (χ0v) is 9.27. The lowest BCUT2D eigenvalue weighted by Gasteiger charge is -2.18. The number of amides is 2. The summed E-state index contributed by atoms with van der Waals surface area (Å²) in [5.41, 5.74) is 10.0. The monoisotopic (exact) mass is 231 g/mol. The van der Waals surface area contributed by atoms with Crippen molar-refractivity contribution >= 4 is 17.8 Å². The average Bonchev–Trinajstić information content (AvgIpc) is 2.15. The van der Waals surface area contributed by atoms with Crippen molar-refractivity contribution in [3.8, 4) is 0 Å². The van der Waals surface area contributed by atoms with Crippen molar-refractivity contribution in [2.45, 2.75) is 12.8 Å². The SMILES string of the molecule is COC(=O)CCCN(CC(N)=O)CC(N)=O. The van der Waals surface area contributed by atoms with Gasteiger partial charge in [-0.1, -0.05) is 0 Å². The Labute approximate surface area is 93.7 Å². The van der Waals surface area contributed by atoms with E-state index < -0.39 is 11.8 Å². The highest BCUT2D eigenvalue weighted by Gasteiger charge is 2.11. The van der Waals surface area contributed by atoms with Crippen molar-refractivity contribution in [1.82, 2.24) is 4.90 Å². The van der Waals surface area contributed by atoms with Gasteiger partial charge in [-0.05, 0) is 13.0 Å². The molecule has 0 spiro atoms. The molecule has 0 unspecified atom stereocenters. The molecule has 0 aliphatic heterocycles. The molecule has 0 heterocycles. The molecule has 7 nitrogen and oxygen atoms in total. The third-order valence-corrected chi connectivity index (χ3v) is 1.84. The third-order valence-electron chi connectivity index (χ3n) is 1.84. The first-order valence-electron chi connectivity index (χ1n) is 4.81. The standard InChI is InChI=1S/C9H17N3O4/c1-16-9(15)3-2-4-12(5-7(10)13)6-8(11)14/h2-6H2,1H3,(H2,10,13)(H2,11,14). The Morgan fingerprint density at radius 3 is 2.00 bits per heavy atom. The molecule has 0 saturated carbocycles.